The zero-order valence-corrected chi connectivity index (χ0v) is 7.77. The highest BCUT2D eigenvalue weighted by atomic mass is 32.1. The molecule has 0 saturated heterocycles. The van der Waals surface area contributed by atoms with Crippen LogP contribution in [0.3, 0.4) is 0 Å². The first kappa shape index (κ1) is 8.96. The van der Waals surface area contributed by atoms with Gasteiger partial charge in [-0.15, -0.1) is 0 Å². The molecule has 0 aliphatic carbocycles. The Kier molecular flexibility index (Phi) is 2.62. The maximum absolute atomic E-state index is 5.52. The predicted octanol–water partition coefficient (Wildman–Crippen LogP) is 1.74. The molecule has 0 saturated carbocycles. The minimum atomic E-state index is 0.764. The van der Waals surface area contributed by atoms with Crippen molar-refractivity contribution in [2.45, 2.75) is 0 Å². The Morgan fingerprint density at radius 1 is 1.50 bits per heavy atom. The Labute approximate surface area is 75.8 Å². The standard InChI is InChI=1S/C8H11N3S/c1-4-6-7(5-2)12-8(10-6)11(3)9/h4-5H,1-2,9H2,3H3. The average molecular weight is 181 g/mol. The van der Waals surface area contributed by atoms with Gasteiger partial charge < -0.3 is 0 Å². The number of thiazole rings is 1. The molecule has 0 amide bonds. The van der Waals surface area contributed by atoms with Gasteiger partial charge >= 0.3 is 0 Å². The van der Waals surface area contributed by atoms with Gasteiger partial charge in [0.25, 0.3) is 0 Å². The maximum Gasteiger partial charge on any atom is 0.200 e. The van der Waals surface area contributed by atoms with Crippen molar-refractivity contribution in [2.24, 2.45) is 5.84 Å². The van der Waals surface area contributed by atoms with Crippen molar-refractivity contribution in [1.29, 1.82) is 0 Å². The molecule has 12 heavy (non-hydrogen) atoms. The van der Waals surface area contributed by atoms with Crippen LogP contribution in [0.25, 0.3) is 12.2 Å². The van der Waals surface area contributed by atoms with Crippen molar-refractivity contribution in [3.8, 4) is 0 Å². The molecule has 4 heteroatoms. The molecule has 1 aromatic heterocycles. The van der Waals surface area contributed by atoms with Gasteiger partial charge in [0.2, 0.25) is 5.13 Å². The largest absolute Gasteiger partial charge is 0.289 e. The zero-order valence-electron chi connectivity index (χ0n) is 6.95. The maximum atomic E-state index is 5.52. The molecule has 0 aromatic carbocycles. The summed E-state index contributed by atoms with van der Waals surface area (Å²) >= 11 is 1.49. The molecule has 0 spiro atoms. The van der Waals surface area contributed by atoms with E-state index in [0.29, 0.717) is 0 Å². The fourth-order valence-corrected chi connectivity index (χ4v) is 1.58. The lowest BCUT2D eigenvalue weighted by atomic mass is 10.3. The number of anilines is 1. The van der Waals surface area contributed by atoms with E-state index in [1.165, 1.54) is 16.3 Å². The van der Waals surface area contributed by atoms with Crippen LogP contribution in [0.15, 0.2) is 13.2 Å². The lowest BCUT2D eigenvalue weighted by Crippen LogP contribution is -2.24. The molecule has 1 aromatic rings. The SMILES string of the molecule is C=Cc1nc(N(C)N)sc1C=C. The number of rotatable bonds is 3. The summed E-state index contributed by atoms with van der Waals surface area (Å²) in [7, 11) is 1.75. The Morgan fingerprint density at radius 2 is 2.17 bits per heavy atom. The molecule has 0 fully saturated rings. The first-order valence-electron chi connectivity index (χ1n) is 3.43. The molecule has 0 aliphatic rings. The summed E-state index contributed by atoms with van der Waals surface area (Å²) in [5.41, 5.74) is 0.835. The summed E-state index contributed by atoms with van der Waals surface area (Å²) in [4.78, 5) is 5.23. The van der Waals surface area contributed by atoms with E-state index < -0.39 is 0 Å². The van der Waals surface area contributed by atoms with Crippen molar-refractivity contribution in [1.82, 2.24) is 4.98 Å². The summed E-state index contributed by atoms with van der Waals surface area (Å²) < 4.78 is 0. The second-order valence-electron chi connectivity index (χ2n) is 2.27. The molecule has 0 radical (unpaired) electrons. The summed E-state index contributed by atoms with van der Waals surface area (Å²) in [5, 5.41) is 2.24. The van der Waals surface area contributed by atoms with Gasteiger partial charge in [0.15, 0.2) is 0 Å². The Hall–Kier alpha value is -1.13. The van der Waals surface area contributed by atoms with Crippen LogP contribution in [0.5, 0.6) is 0 Å². The second-order valence-corrected chi connectivity index (χ2v) is 3.27. The minimum absolute atomic E-state index is 0.764. The van der Waals surface area contributed by atoms with Crippen LogP contribution in [0.2, 0.25) is 0 Å². The lowest BCUT2D eigenvalue weighted by Gasteiger charge is -2.04. The highest BCUT2D eigenvalue weighted by molar-refractivity contribution is 7.16. The third-order valence-corrected chi connectivity index (χ3v) is 2.51. The van der Waals surface area contributed by atoms with E-state index in [-0.39, 0.29) is 0 Å². The van der Waals surface area contributed by atoms with Gasteiger partial charge in [0, 0.05) is 7.05 Å². The van der Waals surface area contributed by atoms with E-state index in [9.17, 15) is 0 Å². The smallest absolute Gasteiger partial charge is 0.200 e. The number of aromatic nitrogens is 1. The van der Waals surface area contributed by atoms with Gasteiger partial charge in [0.05, 0.1) is 10.6 Å². The van der Waals surface area contributed by atoms with Crippen LogP contribution in [0.1, 0.15) is 10.6 Å². The van der Waals surface area contributed by atoms with E-state index >= 15 is 0 Å². The van der Waals surface area contributed by atoms with Crippen LogP contribution in [0.4, 0.5) is 5.13 Å². The molecule has 0 atom stereocenters. The van der Waals surface area contributed by atoms with Gasteiger partial charge in [-0.05, 0) is 12.2 Å². The van der Waals surface area contributed by atoms with E-state index in [0.717, 1.165) is 15.7 Å². The van der Waals surface area contributed by atoms with Gasteiger partial charge in [-0.25, -0.2) is 10.8 Å². The monoisotopic (exact) mass is 181 g/mol. The fourth-order valence-electron chi connectivity index (χ4n) is 0.775. The minimum Gasteiger partial charge on any atom is -0.289 e. The highest BCUT2D eigenvalue weighted by Crippen LogP contribution is 2.25. The van der Waals surface area contributed by atoms with Crippen LogP contribution in [0, 0.1) is 0 Å². The molecule has 64 valence electrons. The van der Waals surface area contributed by atoms with Gasteiger partial charge in [-0.2, -0.15) is 0 Å². The first-order chi connectivity index (χ1) is 5.69. The molecule has 1 heterocycles. The molecule has 3 nitrogen and oxygen atoms in total. The van der Waals surface area contributed by atoms with Crippen LogP contribution in [-0.4, -0.2) is 12.0 Å². The van der Waals surface area contributed by atoms with E-state index in [4.69, 9.17) is 5.84 Å². The van der Waals surface area contributed by atoms with Crippen molar-refractivity contribution in [3.05, 3.63) is 23.7 Å². The van der Waals surface area contributed by atoms with Crippen molar-refractivity contribution < 1.29 is 0 Å². The third kappa shape index (κ3) is 1.54. The van der Waals surface area contributed by atoms with E-state index in [1.807, 2.05) is 0 Å². The van der Waals surface area contributed by atoms with E-state index in [1.54, 1.807) is 19.2 Å². The lowest BCUT2D eigenvalue weighted by molar-refractivity contribution is 1.00. The van der Waals surface area contributed by atoms with Gasteiger partial charge in [-0.3, -0.25) is 5.01 Å². The third-order valence-electron chi connectivity index (χ3n) is 1.35. The topological polar surface area (TPSA) is 42.2 Å². The second kappa shape index (κ2) is 3.51. The number of nitrogens with zero attached hydrogens (tertiary/aromatic N) is 2. The quantitative estimate of drug-likeness (QED) is 0.570. The van der Waals surface area contributed by atoms with E-state index in [2.05, 4.69) is 18.1 Å². The number of hydrogen-bond donors (Lipinski definition) is 1. The van der Waals surface area contributed by atoms with Gasteiger partial charge in [-0.1, -0.05) is 24.5 Å². The first-order valence-corrected chi connectivity index (χ1v) is 4.24. The van der Waals surface area contributed by atoms with Crippen molar-refractivity contribution >= 4 is 28.6 Å². The Morgan fingerprint density at radius 3 is 2.50 bits per heavy atom. The zero-order chi connectivity index (χ0) is 9.14. The molecular formula is C8H11N3S. The molecule has 0 bridgehead atoms. The number of nitrogens with two attached hydrogens (primary N) is 1. The normalized spacial score (nSPS) is 9.50. The van der Waals surface area contributed by atoms with Crippen LogP contribution < -0.4 is 10.9 Å². The summed E-state index contributed by atoms with van der Waals surface area (Å²) in [6.45, 7) is 7.32. The van der Waals surface area contributed by atoms with Crippen molar-refractivity contribution in [3.63, 3.8) is 0 Å². The predicted molar refractivity (Wildman–Crippen MR) is 54.9 cm³/mol. The average Bonchev–Trinajstić information content (AvgIpc) is 2.46. The molecule has 0 unspecified atom stereocenters. The summed E-state index contributed by atoms with van der Waals surface area (Å²) in [6, 6.07) is 0. The molecule has 2 N–H and O–H groups in total. The molecular weight excluding hydrogens is 170 g/mol. The number of hydrogen-bond acceptors (Lipinski definition) is 4. The van der Waals surface area contributed by atoms with Crippen molar-refractivity contribution in [2.75, 3.05) is 12.1 Å². The molecule has 1 rings (SSSR count). The van der Waals surface area contributed by atoms with Gasteiger partial charge in [0.1, 0.15) is 0 Å². The highest BCUT2D eigenvalue weighted by Gasteiger charge is 2.06. The fraction of sp³-hybridized carbons (Fsp3) is 0.125. The molecule has 0 aliphatic heterocycles. The number of hydrazine groups is 1. The van der Waals surface area contributed by atoms with Crippen LogP contribution >= 0.6 is 11.3 Å². The summed E-state index contributed by atoms with van der Waals surface area (Å²) in [5.74, 6) is 5.52. The van der Waals surface area contributed by atoms with Crippen LogP contribution in [-0.2, 0) is 0 Å². The Bertz CT molecular complexity index is 276. The Balaban J connectivity index is 3.13. The summed E-state index contributed by atoms with van der Waals surface area (Å²) in [6.07, 6.45) is 3.45.